The first-order valence-electron chi connectivity index (χ1n) is 8.59. The Labute approximate surface area is 158 Å². The number of aromatic nitrogens is 3. The number of thioether (sulfide) groups is 1. The van der Waals surface area contributed by atoms with E-state index in [9.17, 15) is 4.39 Å². The van der Waals surface area contributed by atoms with Gasteiger partial charge in [0.15, 0.2) is 11.8 Å². The summed E-state index contributed by atoms with van der Waals surface area (Å²) < 4.78 is 15.0. The summed E-state index contributed by atoms with van der Waals surface area (Å²) in [7, 11) is 3.92. The predicted molar refractivity (Wildman–Crippen MR) is 106 cm³/mol. The van der Waals surface area contributed by atoms with Gasteiger partial charge in [0.05, 0.1) is 0 Å². The van der Waals surface area contributed by atoms with Crippen molar-refractivity contribution in [3.05, 3.63) is 47.3 Å². The van der Waals surface area contributed by atoms with Gasteiger partial charge in [-0.2, -0.15) is 11.8 Å². The highest BCUT2D eigenvalue weighted by molar-refractivity contribution is 7.98. The molecule has 0 aliphatic carbocycles. The van der Waals surface area contributed by atoms with E-state index in [1.165, 1.54) is 12.1 Å². The molecule has 0 spiro atoms. The van der Waals surface area contributed by atoms with Gasteiger partial charge in [-0.15, -0.1) is 10.2 Å². The lowest BCUT2D eigenvalue weighted by atomic mass is 10.2. The van der Waals surface area contributed by atoms with E-state index in [2.05, 4.69) is 21.8 Å². The number of hydrogen-bond acceptors (Lipinski definition) is 4. The molecule has 0 fully saturated rings. The maximum absolute atomic E-state index is 13.1. The Kier molecular flexibility index (Phi) is 7.90. The number of aliphatic imine (C=N–C) groups is 1. The Hall–Kier alpha value is -2.09. The largest absolute Gasteiger partial charge is 0.356 e. The highest BCUT2D eigenvalue weighted by Gasteiger charge is 2.09. The second-order valence-corrected chi connectivity index (χ2v) is 7.10. The van der Waals surface area contributed by atoms with Gasteiger partial charge >= 0.3 is 0 Å². The zero-order valence-corrected chi connectivity index (χ0v) is 16.7. The van der Waals surface area contributed by atoms with Crippen molar-refractivity contribution in [2.75, 3.05) is 25.6 Å². The Morgan fingerprint density at radius 3 is 2.65 bits per heavy atom. The molecule has 8 heteroatoms. The lowest BCUT2D eigenvalue weighted by molar-refractivity contribution is 0.473. The van der Waals surface area contributed by atoms with Gasteiger partial charge < -0.3 is 14.8 Å². The number of halogens is 1. The van der Waals surface area contributed by atoms with Gasteiger partial charge in [0.2, 0.25) is 0 Å². The standard InChI is InChI=1S/C18H27FN6S/c1-14-22-23-17(25(14)3)12-21-18(20-10-5-11-26-4)24(2)13-15-6-8-16(19)9-7-15/h6-9H,5,10-13H2,1-4H3,(H,20,21). The molecule has 1 aromatic heterocycles. The van der Waals surface area contributed by atoms with Crippen LogP contribution in [0.3, 0.4) is 0 Å². The first kappa shape index (κ1) is 20.2. The number of nitrogens with one attached hydrogen (secondary N) is 1. The van der Waals surface area contributed by atoms with Crippen LogP contribution in [-0.2, 0) is 20.1 Å². The molecule has 1 aromatic carbocycles. The minimum atomic E-state index is -0.224. The maximum Gasteiger partial charge on any atom is 0.194 e. The molecule has 0 aliphatic heterocycles. The molecular weight excluding hydrogens is 351 g/mol. The van der Waals surface area contributed by atoms with Crippen LogP contribution in [0.15, 0.2) is 29.3 Å². The van der Waals surface area contributed by atoms with E-state index in [1.807, 2.05) is 42.2 Å². The molecule has 142 valence electrons. The smallest absolute Gasteiger partial charge is 0.194 e. The van der Waals surface area contributed by atoms with Crippen LogP contribution in [0.5, 0.6) is 0 Å². The Morgan fingerprint density at radius 2 is 2.04 bits per heavy atom. The summed E-state index contributed by atoms with van der Waals surface area (Å²) in [5.41, 5.74) is 1.03. The molecule has 0 atom stereocenters. The monoisotopic (exact) mass is 378 g/mol. The van der Waals surface area contributed by atoms with Gasteiger partial charge in [0.1, 0.15) is 18.2 Å². The number of rotatable bonds is 8. The lowest BCUT2D eigenvalue weighted by Gasteiger charge is -2.22. The summed E-state index contributed by atoms with van der Waals surface area (Å²) >= 11 is 1.83. The average molecular weight is 379 g/mol. The minimum absolute atomic E-state index is 0.224. The van der Waals surface area contributed by atoms with Crippen LogP contribution >= 0.6 is 11.8 Å². The van der Waals surface area contributed by atoms with Crippen molar-refractivity contribution in [2.45, 2.75) is 26.4 Å². The number of benzene rings is 1. The topological polar surface area (TPSA) is 58.3 Å². The first-order chi connectivity index (χ1) is 12.5. The van der Waals surface area contributed by atoms with Crippen LogP contribution in [-0.4, -0.2) is 51.2 Å². The van der Waals surface area contributed by atoms with Crippen LogP contribution in [0.2, 0.25) is 0 Å². The van der Waals surface area contributed by atoms with E-state index in [0.29, 0.717) is 13.1 Å². The van der Waals surface area contributed by atoms with Crippen LogP contribution < -0.4 is 5.32 Å². The van der Waals surface area contributed by atoms with E-state index < -0.39 is 0 Å². The van der Waals surface area contributed by atoms with Crippen LogP contribution in [0.4, 0.5) is 4.39 Å². The average Bonchev–Trinajstić information content (AvgIpc) is 2.95. The summed E-state index contributed by atoms with van der Waals surface area (Å²) in [6.07, 6.45) is 3.17. The van der Waals surface area contributed by atoms with Gasteiger partial charge in [-0.05, 0) is 43.0 Å². The van der Waals surface area contributed by atoms with Gasteiger partial charge in [-0.3, -0.25) is 0 Å². The summed E-state index contributed by atoms with van der Waals surface area (Å²) in [4.78, 5) is 6.74. The summed E-state index contributed by atoms with van der Waals surface area (Å²) in [6.45, 7) is 3.87. The van der Waals surface area contributed by atoms with E-state index >= 15 is 0 Å². The van der Waals surface area contributed by atoms with Crippen molar-refractivity contribution >= 4 is 17.7 Å². The molecule has 2 rings (SSSR count). The number of aryl methyl sites for hydroxylation is 1. The number of guanidine groups is 1. The minimum Gasteiger partial charge on any atom is -0.356 e. The molecule has 0 amide bonds. The quantitative estimate of drug-likeness (QED) is 0.435. The number of nitrogens with zero attached hydrogens (tertiary/aromatic N) is 5. The lowest BCUT2D eigenvalue weighted by Crippen LogP contribution is -2.39. The second kappa shape index (κ2) is 10.2. The van der Waals surface area contributed by atoms with Crippen molar-refractivity contribution in [3.63, 3.8) is 0 Å². The normalized spacial score (nSPS) is 11.7. The van der Waals surface area contributed by atoms with Gasteiger partial charge in [-0.25, -0.2) is 9.38 Å². The third-order valence-corrected chi connectivity index (χ3v) is 4.75. The molecule has 1 N–H and O–H groups in total. The molecule has 1 heterocycles. The third-order valence-electron chi connectivity index (χ3n) is 4.06. The molecule has 6 nitrogen and oxygen atoms in total. The van der Waals surface area contributed by atoms with Crippen LogP contribution in [0, 0.1) is 12.7 Å². The van der Waals surface area contributed by atoms with E-state index in [4.69, 9.17) is 4.99 Å². The van der Waals surface area contributed by atoms with Crippen molar-refractivity contribution in [3.8, 4) is 0 Å². The van der Waals surface area contributed by atoms with Gasteiger partial charge in [-0.1, -0.05) is 12.1 Å². The highest BCUT2D eigenvalue weighted by Crippen LogP contribution is 2.07. The summed E-state index contributed by atoms with van der Waals surface area (Å²) in [6, 6.07) is 6.55. The Bertz CT molecular complexity index is 713. The highest BCUT2D eigenvalue weighted by atomic mass is 32.2. The summed E-state index contributed by atoms with van der Waals surface area (Å²) in [5, 5.41) is 11.7. The van der Waals surface area contributed by atoms with Crippen molar-refractivity contribution < 1.29 is 4.39 Å². The Balaban J connectivity index is 2.06. The SMILES string of the molecule is CSCCCNC(=NCc1nnc(C)n1C)N(C)Cc1ccc(F)cc1. The molecule has 26 heavy (non-hydrogen) atoms. The first-order valence-corrected chi connectivity index (χ1v) is 9.98. The zero-order chi connectivity index (χ0) is 18.9. The van der Waals surface area contributed by atoms with Gasteiger partial charge in [0, 0.05) is 27.2 Å². The van der Waals surface area contributed by atoms with Crippen LogP contribution in [0.1, 0.15) is 23.6 Å². The zero-order valence-electron chi connectivity index (χ0n) is 15.9. The van der Waals surface area contributed by atoms with Crippen molar-refractivity contribution in [1.82, 2.24) is 25.0 Å². The van der Waals surface area contributed by atoms with E-state index in [0.717, 1.165) is 41.9 Å². The fourth-order valence-corrected chi connectivity index (χ4v) is 2.83. The van der Waals surface area contributed by atoms with Crippen molar-refractivity contribution in [2.24, 2.45) is 12.0 Å². The molecule has 0 aliphatic rings. The fraction of sp³-hybridized carbons (Fsp3) is 0.500. The molecule has 0 radical (unpaired) electrons. The molecule has 0 bridgehead atoms. The van der Waals surface area contributed by atoms with E-state index in [-0.39, 0.29) is 5.82 Å². The molecule has 0 saturated heterocycles. The van der Waals surface area contributed by atoms with E-state index in [1.54, 1.807) is 12.1 Å². The maximum atomic E-state index is 13.1. The second-order valence-electron chi connectivity index (χ2n) is 6.12. The number of hydrogen-bond donors (Lipinski definition) is 1. The molecule has 0 saturated carbocycles. The molecule has 0 unspecified atom stereocenters. The Morgan fingerprint density at radius 1 is 1.31 bits per heavy atom. The van der Waals surface area contributed by atoms with Crippen molar-refractivity contribution in [1.29, 1.82) is 0 Å². The molecular formula is C18H27FN6S. The third kappa shape index (κ3) is 6.01. The van der Waals surface area contributed by atoms with Gasteiger partial charge in [0.25, 0.3) is 0 Å². The summed E-state index contributed by atoms with van der Waals surface area (Å²) in [5.74, 6) is 3.37. The van der Waals surface area contributed by atoms with Crippen LogP contribution in [0.25, 0.3) is 0 Å². The fourth-order valence-electron chi connectivity index (χ4n) is 2.40. The molecule has 2 aromatic rings. The predicted octanol–water partition coefficient (Wildman–Crippen LogP) is 2.59.